The third-order valence-corrected chi connectivity index (χ3v) is 2.12. The standard InChI is InChI=1S/C6H8F3NO/c7-6(8,9)3-4-5(3)11-2-1-10-4/h3-5,10H,1-2H2/t3-,4+,5-/m0/s1. The van der Waals surface area contributed by atoms with Gasteiger partial charge in [-0.05, 0) is 0 Å². The fourth-order valence-electron chi connectivity index (χ4n) is 1.54. The Balaban J connectivity index is 2.00. The number of morpholine rings is 1. The Morgan fingerprint density at radius 2 is 2.09 bits per heavy atom. The smallest absolute Gasteiger partial charge is 0.375 e. The Labute approximate surface area is 61.7 Å². The predicted molar refractivity (Wildman–Crippen MR) is 31.1 cm³/mol. The van der Waals surface area contributed by atoms with E-state index in [0.29, 0.717) is 13.2 Å². The van der Waals surface area contributed by atoms with Crippen LogP contribution < -0.4 is 5.32 Å². The maximum absolute atomic E-state index is 12.0. The van der Waals surface area contributed by atoms with Gasteiger partial charge in [0.15, 0.2) is 0 Å². The molecule has 1 saturated heterocycles. The lowest BCUT2D eigenvalue weighted by Gasteiger charge is -2.09. The number of rotatable bonds is 0. The molecule has 1 aliphatic heterocycles. The van der Waals surface area contributed by atoms with Gasteiger partial charge in [0.2, 0.25) is 0 Å². The molecule has 0 aromatic heterocycles. The third kappa shape index (κ3) is 1.12. The first kappa shape index (κ1) is 7.36. The zero-order valence-corrected chi connectivity index (χ0v) is 5.69. The van der Waals surface area contributed by atoms with E-state index in [-0.39, 0.29) is 0 Å². The molecule has 2 aliphatic rings. The first-order valence-corrected chi connectivity index (χ1v) is 3.52. The third-order valence-electron chi connectivity index (χ3n) is 2.12. The maximum atomic E-state index is 12.0. The van der Waals surface area contributed by atoms with Gasteiger partial charge in [-0.25, -0.2) is 0 Å². The molecular weight excluding hydrogens is 159 g/mol. The Morgan fingerprint density at radius 3 is 2.55 bits per heavy atom. The van der Waals surface area contributed by atoms with Gasteiger partial charge < -0.3 is 10.1 Å². The quantitative estimate of drug-likeness (QED) is 0.568. The molecule has 5 heteroatoms. The van der Waals surface area contributed by atoms with Crippen LogP contribution in [0.3, 0.4) is 0 Å². The second-order valence-corrected chi connectivity index (χ2v) is 2.88. The van der Waals surface area contributed by atoms with Crippen LogP contribution in [0.25, 0.3) is 0 Å². The molecule has 1 N–H and O–H groups in total. The fourth-order valence-corrected chi connectivity index (χ4v) is 1.54. The van der Waals surface area contributed by atoms with E-state index in [1.165, 1.54) is 0 Å². The molecule has 0 radical (unpaired) electrons. The van der Waals surface area contributed by atoms with Crippen LogP contribution in [0.2, 0.25) is 0 Å². The van der Waals surface area contributed by atoms with Gasteiger partial charge >= 0.3 is 6.18 Å². The minimum atomic E-state index is -4.09. The fraction of sp³-hybridized carbons (Fsp3) is 1.00. The topological polar surface area (TPSA) is 21.3 Å². The summed E-state index contributed by atoms with van der Waals surface area (Å²) in [4.78, 5) is 0. The van der Waals surface area contributed by atoms with Crippen LogP contribution in [-0.4, -0.2) is 31.5 Å². The highest BCUT2D eigenvalue weighted by Gasteiger charge is 2.66. The number of halogens is 3. The molecule has 11 heavy (non-hydrogen) atoms. The Bertz CT molecular complexity index is 158. The van der Waals surface area contributed by atoms with Crippen molar-refractivity contribution in [3.05, 3.63) is 0 Å². The van der Waals surface area contributed by atoms with Crippen molar-refractivity contribution in [3.63, 3.8) is 0 Å². The highest BCUT2D eigenvalue weighted by atomic mass is 19.4. The van der Waals surface area contributed by atoms with Gasteiger partial charge in [-0.2, -0.15) is 13.2 Å². The lowest BCUT2D eigenvalue weighted by molar-refractivity contribution is -0.156. The molecule has 2 rings (SSSR count). The summed E-state index contributed by atoms with van der Waals surface area (Å²) < 4.78 is 41.0. The number of ether oxygens (including phenoxy) is 1. The van der Waals surface area contributed by atoms with Crippen LogP contribution in [0.4, 0.5) is 13.2 Å². The van der Waals surface area contributed by atoms with E-state index in [1.54, 1.807) is 0 Å². The Morgan fingerprint density at radius 1 is 1.36 bits per heavy atom. The molecule has 0 spiro atoms. The molecule has 1 heterocycles. The van der Waals surface area contributed by atoms with Crippen LogP contribution in [0.1, 0.15) is 0 Å². The van der Waals surface area contributed by atoms with Crippen molar-refractivity contribution in [2.24, 2.45) is 5.92 Å². The minimum Gasteiger partial charge on any atom is -0.375 e. The van der Waals surface area contributed by atoms with Crippen LogP contribution in [-0.2, 0) is 4.74 Å². The summed E-state index contributed by atoms with van der Waals surface area (Å²) in [7, 11) is 0. The Kier molecular flexibility index (Phi) is 1.41. The molecule has 2 fully saturated rings. The average Bonchev–Trinajstić information content (AvgIpc) is 2.58. The van der Waals surface area contributed by atoms with Gasteiger partial charge in [-0.15, -0.1) is 0 Å². The highest BCUT2D eigenvalue weighted by molar-refractivity contribution is 5.10. The molecule has 1 aliphatic carbocycles. The second-order valence-electron chi connectivity index (χ2n) is 2.88. The summed E-state index contributed by atoms with van der Waals surface area (Å²) >= 11 is 0. The zero-order valence-electron chi connectivity index (χ0n) is 5.69. The second kappa shape index (κ2) is 2.10. The predicted octanol–water partition coefficient (Wildman–Crippen LogP) is 0.535. The average molecular weight is 167 g/mol. The van der Waals surface area contributed by atoms with Crippen molar-refractivity contribution < 1.29 is 17.9 Å². The van der Waals surface area contributed by atoms with Gasteiger partial charge in [0.1, 0.15) is 5.92 Å². The van der Waals surface area contributed by atoms with E-state index in [9.17, 15) is 13.2 Å². The van der Waals surface area contributed by atoms with E-state index in [2.05, 4.69) is 5.32 Å². The van der Waals surface area contributed by atoms with Crippen LogP contribution in [0.15, 0.2) is 0 Å². The van der Waals surface area contributed by atoms with E-state index in [4.69, 9.17) is 4.74 Å². The number of nitrogens with one attached hydrogen (secondary N) is 1. The van der Waals surface area contributed by atoms with E-state index in [1.807, 2.05) is 0 Å². The summed E-state index contributed by atoms with van der Waals surface area (Å²) in [5.41, 5.74) is 0. The minimum absolute atomic E-state index is 0.397. The largest absolute Gasteiger partial charge is 0.395 e. The number of hydrogen-bond donors (Lipinski definition) is 1. The van der Waals surface area contributed by atoms with E-state index < -0.39 is 24.2 Å². The Hall–Kier alpha value is -0.290. The summed E-state index contributed by atoms with van der Waals surface area (Å²) in [6, 6.07) is -0.469. The van der Waals surface area contributed by atoms with Crippen molar-refractivity contribution in [2.75, 3.05) is 13.2 Å². The molecule has 1 saturated carbocycles. The molecule has 0 amide bonds. The van der Waals surface area contributed by atoms with Crippen molar-refractivity contribution in [1.29, 1.82) is 0 Å². The molecule has 64 valence electrons. The summed E-state index contributed by atoms with van der Waals surface area (Å²) in [6.45, 7) is 0.932. The van der Waals surface area contributed by atoms with Crippen LogP contribution >= 0.6 is 0 Å². The molecule has 2 nitrogen and oxygen atoms in total. The van der Waals surface area contributed by atoms with Gasteiger partial charge in [-0.1, -0.05) is 0 Å². The highest BCUT2D eigenvalue weighted by Crippen LogP contribution is 2.47. The number of alkyl halides is 3. The van der Waals surface area contributed by atoms with Crippen molar-refractivity contribution >= 4 is 0 Å². The molecule has 0 bridgehead atoms. The summed E-state index contributed by atoms with van der Waals surface area (Å²) in [5.74, 6) is -1.26. The van der Waals surface area contributed by atoms with Crippen LogP contribution in [0.5, 0.6) is 0 Å². The first-order chi connectivity index (χ1) is 5.11. The molecule has 3 atom stereocenters. The van der Waals surface area contributed by atoms with Gasteiger partial charge in [0, 0.05) is 12.6 Å². The normalized spacial score (nSPS) is 43.4. The lowest BCUT2D eigenvalue weighted by atomic mass is 10.4. The van der Waals surface area contributed by atoms with Crippen molar-refractivity contribution in [3.8, 4) is 0 Å². The SMILES string of the molecule is FC(F)(F)[C@H]1[C@H]2NCCO[C@H]21. The number of fused-ring (bicyclic) bond motifs is 1. The van der Waals surface area contributed by atoms with E-state index in [0.717, 1.165) is 0 Å². The monoisotopic (exact) mass is 167 g/mol. The van der Waals surface area contributed by atoms with Crippen molar-refractivity contribution in [2.45, 2.75) is 18.3 Å². The first-order valence-electron chi connectivity index (χ1n) is 3.52. The molecule has 0 aromatic carbocycles. The van der Waals surface area contributed by atoms with Gasteiger partial charge in [0.25, 0.3) is 0 Å². The maximum Gasteiger partial charge on any atom is 0.395 e. The van der Waals surface area contributed by atoms with Gasteiger partial charge in [0.05, 0.1) is 12.7 Å². The molecule has 0 aromatic rings. The van der Waals surface area contributed by atoms with E-state index >= 15 is 0 Å². The summed E-state index contributed by atoms with van der Waals surface area (Å²) in [5, 5.41) is 2.77. The zero-order chi connectivity index (χ0) is 8.06. The summed E-state index contributed by atoms with van der Waals surface area (Å²) in [6.07, 6.45) is -4.70. The van der Waals surface area contributed by atoms with Crippen LogP contribution in [0, 0.1) is 5.92 Å². The van der Waals surface area contributed by atoms with Gasteiger partial charge in [-0.3, -0.25) is 0 Å². The molecular formula is C6H8F3NO. The van der Waals surface area contributed by atoms with Crippen molar-refractivity contribution in [1.82, 2.24) is 5.32 Å². The molecule has 0 unspecified atom stereocenters. The number of hydrogen-bond acceptors (Lipinski definition) is 2. The lowest BCUT2D eigenvalue weighted by Crippen LogP contribution is -2.31.